The van der Waals surface area contributed by atoms with E-state index in [4.69, 9.17) is 0 Å². The van der Waals surface area contributed by atoms with Gasteiger partial charge in [0, 0.05) is 36.5 Å². The summed E-state index contributed by atoms with van der Waals surface area (Å²) >= 11 is 0. The summed E-state index contributed by atoms with van der Waals surface area (Å²) in [6, 6.07) is 13.8. The molecule has 0 saturated carbocycles. The molecule has 0 fully saturated rings. The molecule has 0 aliphatic rings. The average molecular weight is 328 g/mol. The topological polar surface area (TPSA) is 113 Å². The lowest BCUT2D eigenvalue weighted by molar-refractivity contribution is -0.384. The van der Waals surface area contributed by atoms with Crippen LogP contribution in [0, 0.1) is 10.1 Å². The largest absolute Gasteiger partial charge is 0.350 e. The number of hydrogen-bond donors (Lipinski definition) is 3. The first kappa shape index (κ1) is 16.9. The monoisotopic (exact) mass is 328 g/mol. The van der Waals surface area contributed by atoms with Crippen LogP contribution in [0.4, 0.5) is 16.2 Å². The number of carbonyl (C=O) groups is 2. The van der Waals surface area contributed by atoms with E-state index in [-0.39, 0.29) is 24.7 Å². The summed E-state index contributed by atoms with van der Waals surface area (Å²) in [5.41, 5.74) is 0.747. The normalized spacial score (nSPS) is 9.83. The molecule has 0 aliphatic heterocycles. The number of amides is 3. The summed E-state index contributed by atoms with van der Waals surface area (Å²) in [6.45, 7) is 0.482. The lowest BCUT2D eigenvalue weighted by Gasteiger charge is -2.08. The van der Waals surface area contributed by atoms with Crippen molar-refractivity contribution in [3.8, 4) is 0 Å². The number of nitro groups is 1. The number of urea groups is 1. The molecule has 2 rings (SSSR count). The number of benzene rings is 2. The third-order valence-electron chi connectivity index (χ3n) is 3.05. The molecule has 8 nitrogen and oxygen atoms in total. The Morgan fingerprint density at radius 2 is 1.67 bits per heavy atom. The number of nitrogens with one attached hydrogen (secondary N) is 3. The summed E-state index contributed by atoms with van der Waals surface area (Å²) in [6.07, 6.45) is 0. The summed E-state index contributed by atoms with van der Waals surface area (Å²) in [5.74, 6) is -0.225. The van der Waals surface area contributed by atoms with Gasteiger partial charge in [-0.3, -0.25) is 14.9 Å². The molecule has 0 aromatic heterocycles. The van der Waals surface area contributed by atoms with Crippen molar-refractivity contribution in [3.63, 3.8) is 0 Å². The molecule has 24 heavy (non-hydrogen) atoms. The van der Waals surface area contributed by atoms with E-state index in [0.29, 0.717) is 11.3 Å². The highest BCUT2D eigenvalue weighted by molar-refractivity contribution is 5.94. The van der Waals surface area contributed by atoms with E-state index < -0.39 is 11.0 Å². The molecule has 0 aliphatic carbocycles. The molecule has 3 N–H and O–H groups in total. The van der Waals surface area contributed by atoms with Gasteiger partial charge in [0.1, 0.15) is 0 Å². The third kappa shape index (κ3) is 5.09. The second kappa shape index (κ2) is 8.28. The van der Waals surface area contributed by atoms with Crippen LogP contribution < -0.4 is 16.0 Å². The second-order valence-corrected chi connectivity index (χ2v) is 4.81. The van der Waals surface area contributed by atoms with Crippen LogP contribution in [0.15, 0.2) is 54.6 Å². The van der Waals surface area contributed by atoms with Gasteiger partial charge in [-0.25, -0.2) is 4.79 Å². The van der Waals surface area contributed by atoms with Gasteiger partial charge in [0.05, 0.1) is 4.92 Å². The first-order valence-electron chi connectivity index (χ1n) is 7.19. The zero-order valence-electron chi connectivity index (χ0n) is 12.7. The number of non-ortho nitro benzene ring substituents is 1. The average Bonchev–Trinajstić information content (AvgIpc) is 2.59. The third-order valence-corrected chi connectivity index (χ3v) is 3.05. The molecule has 124 valence electrons. The quantitative estimate of drug-likeness (QED) is 0.428. The van der Waals surface area contributed by atoms with Crippen molar-refractivity contribution in [3.05, 3.63) is 70.3 Å². The van der Waals surface area contributed by atoms with E-state index in [0.717, 1.165) is 0 Å². The van der Waals surface area contributed by atoms with Crippen LogP contribution in [-0.4, -0.2) is 30.0 Å². The van der Waals surface area contributed by atoms with Gasteiger partial charge in [-0.05, 0) is 18.2 Å². The highest BCUT2D eigenvalue weighted by atomic mass is 16.6. The Labute approximate surface area is 138 Å². The second-order valence-electron chi connectivity index (χ2n) is 4.81. The maximum absolute atomic E-state index is 11.8. The highest BCUT2D eigenvalue weighted by Crippen LogP contribution is 2.16. The summed E-state index contributed by atoms with van der Waals surface area (Å²) < 4.78 is 0. The van der Waals surface area contributed by atoms with Crippen LogP contribution >= 0.6 is 0 Å². The predicted octanol–water partition coefficient (Wildman–Crippen LogP) is 2.15. The van der Waals surface area contributed by atoms with E-state index in [9.17, 15) is 19.7 Å². The lowest BCUT2D eigenvalue weighted by Crippen LogP contribution is -2.36. The first-order valence-corrected chi connectivity index (χ1v) is 7.19. The summed E-state index contributed by atoms with van der Waals surface area (Å²) in [4.78, 5) is 33.6. The van der Waals surface area contributed by atoms with Crippen LogP contribution in [0.3, 0.4) is 0 Å². The molecule has 2 aromatic carbocycles. The van der Waals surface area contributed by atoms with Crippen LogP contribution in [-0.2, 0) is 0 Å². The number of anilines is 1. The molecular weight excluding hydrogens is 312 g/mol. The van der Waals surface area contributed by atoms with Gasteiger partial charge in [-0.15, -0.1) is 0 Å². The zero-order chi connectivity index (χ0) is 17.4. The Bertz CT molecular complexity index is 734. The van der Waals surface area contributed by atoms with Crippen LogP contribution in [0.1, 0.15) is 10.4 Å². The molecule has 0 atom stereocenters. The Balaban J connectivity index is 1.73. The van der Waals surface area contributed by atoms with Crippen molar-refractivity contribution in [2.45, 2.75) is 0 Å². The number of nitrogens with zero attached hydrogens (tertiary/aromatic N) is 1. The maximum atomic E-state index is 11.8. The van der Waals surface area contributed by atoms with Gasteiger partial charge in [0.15, 0.2) is 0 Å². The van der Waals surface area contributed by atoms with E-state index in [1.807, 2.05) is 6.07 Å². The molecule has 0 heterocycles. The van der Waals surface area contributed by atoms with E-state index in [1.54, 1.807) is 30.3 Å². The SMILES string of the molecule is O=C(NCCNC(=O)c1ccccc1)Nc1cccc([N+](=O)[O-])c1. The minimum atomic E-state index is -0.539. The molecule has 0 bridgehead atoms. The van der Waals surface area contributed by atoms with Gasteiger partial charge in [0.25, 0.3) is 11.6 Å². The summed E-state index contributed by atoms with van der Waals surface area (Å²) in [7, 11) is 0. The maximum Gasteiger partial charge on any atom is 0.319 e. The zero-order valence-corrected chi connectivity index (χ0v) is 12.7. The minimum Gasteiger partial charge on any atom is -0.350 e. The fraction of sp³-hybridized carbons (Fsp3) is 0.125. The van der Waals surface area contributed by atoms with Gasteiger partial charge >= 0.3 is 6.03 Å². The number of rotatable bonds is 6. The summed E-state index contributed by atoms with van der Waals surface area (Å²) in [5, 5.41) is 18.4. The smallest absolute Gasteiger partial charge is 0.319 e. The number of nitro benzene ring substituents is 1. The van der Waals surface area contributed by atoms with Gasteiger partial charge in [-0.2, -0.15) is 0 Å². The van der Waals surface area contributed by atoms with Crippen LogP contribution in [0.2, 0.25) is 0 Å². The highest BCUT2D eigenvalue weighted by Gasteiger charge is 2.08. The Hall–Kier alpha value is -3.42. The van der Waals surface area contributed by atoms with E-state index >= 15 is 0 Å². The lowest BCUT2D eigenvalue weighted by atomic mass is 10.2. The molecule has 0 unspecified atom stereocenters. The van der Waals surface area contributed by atoms with Crippen molar-refractivity contribution in [2.24, 2.45) is 0 Å². The van der Waals surface area contributed by atoms with Crippen LogP contribution in [0.25, 0.3) is 0 Å². The standard InChI is InChI=1S/C16H16N4O4/c21-15(12-5-2-1-3-6-12)17-9-10-18-16(22)19-13-7-4-8-14(11-13)20(23)24/h1-8,11H,9-10H2,(H,17,21)(H2,18,19,22). The van der Waals surface area contributed by atoms with Gasteiger partial charge in [-0.1, -0.05) is 24.3 Å². The Morgan fingerprint density at radius 1 is 0.958 bits per heavy atom. The minimum absolute atomic E-state index is 0.108. The molecular formula is C16H16N4O4. The number of carbonyl (C=O) groups excluding carboxylic acids is 2. The molecule has 0 spiro atoms. The molecule has 0 radical (unpaired) electrons. The fourth-order valence-corrected chi connectivity index (χ4v) is 1.92. The van der Waals surface area contributed by atoms with E-state index in [2.05, 4.69) is 16.0 Å². The van der Waals surface area contributed by atoms with Crippen molar-refractivity contribution < 1.29 is 14.5 Å². The molecule has 8 heteroatoms. The van der Waals surface area contributed by atoms with Gasteiger partial charge in [0.2, 0.25) is 0 Å². The van der Waals surface area contributed by atoms with Crippen molar-refractivity contribution in [1.29, 1.82) is 0 Å². The van der Waals surface area contributed by atoms with E-state index in [1.165, 1.54) is 18.2 Å². The van der Waals surface area contributed by atoms with Gasteiger partial charge < -0.3 is 16.0 Å². The van der Waals surface area contributed by atoms with Crippen molar-refractivity contribution in [2.75, 3.05) is 18.4 Å². The Morgan fingerprint density at radius 3 is 2.38 bits per heavy atom. The molecule has 3 amide bonds. The van der Waals surface area contributed by atoms with Crippen molar-refractivity contribution >= 4 is 23.3 Å². The predicted molar refractivity (Wildman–Crippen MR) is 88.9 cm³/mol. The fourth-order valence-electron chi connectivity index (χ4n) is 1.92. The van der Waals surface area contributed by atoms with Crippen molar-refractivity contribution in [1.82, 2.24) is 10.6 Å². The first-order chi connectivity index (χ1) is 11.6. The molecule has 2 aromatic rings. The van der Waals surface area contributed by atoms with Crippen LogP contribution in [0.5, 0.6) is 0 Å². The molecule has 0 saturated heterocycles. The number of hydrogen-bond acceptors (Lipinski definition) is 4. The Kier molecular flexibility index (Phi) is 5.84.